The van der Waals surface area contributed by atoms with E-state index >= 15 is 0 Å². The Bertz CT molecular complexity index is 569. The largest absolute Gasteiger partial charge is 0.309 e. The summed E-state index contributed by atoms with van der Waals surface area (Å²) < 4.78 is 1.90. The molecule has 3 nitrogen and oxygen atoms in total. The molecule has 1 aromatic carbocycles. The topological polar surface area (TPSA) is 29.9 Å². The van der Waals surface area contributed by atoms with Crippen molar-refractivity contribution in [2.75, 3.05) is 7.05 Å². The Morgan fingerprint density at radius 3 is 2.58 bits per heavy atom. The maximum absolute atomic E-state index is 4.54. The van der Waals surface area contributed by atoms with E-state index in [0.29, 0.717) is 0 Å². The average molecular weight is 257 g/mol. The van der Waals surface area contributed by atoms with E-state index in [-0.39, 0.29) is 6.04 Å². The molecule has 0 amide bonds. The molecular formula is C16H23N3. The number of rotatable bonds is 4. The summed E-state index contributed by atoms with van der Waals surface area (Å²) in [7, 11) is 3.99. The van der Waals surface area contributed by atoms with Gasteiger partial charge in [-0.2, -0.15) is 5.10 Å². The molecule has 0 aliphatic heterocycles. The lowest BCUT2D eigenvalue weighted by molar-refractivity contribution is 0.683. The van der Waals surface area contributed by atoms with Gasteiger partial charge in [-0.15, -0.1) is 0 Å². The van der Waals surface area contributed by atoms with Crippen molar-refractivity contribution in [2.24, 2.45) is 7.05 Å². The molecule has 19 heavy (non-hydrogen) atoms. The van der Waals surface area contributed by atoms with Crippen LogP contribution >= 0.6 is 0 Å². The zero-order valence-corrected chi connectivity index (χ0v) is 12.5. The number of hydrogen-bond donors (Lipinski definition) is 1. The Hall–Kier alpha value is -1.61. The average Bonchev–Trinajstić information content (AvgIpc) is 2.76. The van der Waals surface area contributed by atoms with Gasteiger partial charge in [-0.3, -0.25) is 4.68 Å². The lowest BCUT2D eigenvalue weighted by atomic mass is 9.95. The first-order valence-corrected chi connectivity index (χ1v) is 6.83. The van der Waals surface area contributed by atoms with Gasteiger partial charge in [-0.1, -0.05) is 25.1 Å². The molecule has 0 fully saturated rings. The van der Waals surface area contributed by atoms with Gasteiger partial charge in [0.15, 0.2) is 0 Å². The van der Waals surface area contributed by atoms with E-state index in [1.54, 1.807) is 0 Å². The van der Waals surface area contributed by atoms with Crippen LogP contribution in [-0.2, 0) is 13.5 Å². The van der Waals surface area contributed by atoms with E-state index < -0.39 is 0 Å². The van der Waals surface area contributed by atoms with Crippen molar-refractivity contribution in [3.8, 4) is 0 Å². The molecule has 0 saturated carbocycles. The van der Waals surface area contributed by atoms with Crippen molar-refractivity contribution in [1.29, 1.82) is 0 Å². The van der Waals surface area contributed by atoms with Gasteiger partial charge in [-0.25, -0.2) is 0 Å². The van der Waals surface area contributed by atoms with E-state index in [0.717, 1.165) is 6.42 Å². The maximum Gasteiger partial charge on any atom is 0.0673 e. The first-order chi connectivity index (χ1) is 9.06. The summed E-state index contributed by atoms with van der Waals surface area (Å²) in [5.74, 6) is 0. The van der Waals surface area contributed by atoms with Gasteiger partial charge < -0.3 is 5.32 Å². The minimum atomic E-state index is 0.211. The minimum Gasteiger partial charge on any atom is -0.309 e. The van der Waals surface area contributed by atoms with Gasteiger partial charge in [0.2, 0.25) is 0 Å². The zero-order chi connectivity index (χ0) is 14.0. The summed E-state index contributed by atoms with van der Waals surface area (Å²) in [5, 5.41) is 7.96. The predicted molar refractivity (Wildman–Crippen MR) is 79.4 cm³/mol. The summed E-state index contributed by atoms with van der Waals surface area (Å²) in [6, 6.07) is 6.87. The van der Waals surface area contributed by atoms with Crippen LogP contribution in [0.3, 0.4) is 0 Å². The second-order valence-corrected chi connectivity index (χ2v) is 5.12. The van der Waals surface area contributed by atoms with E-state index in [9.17, 15) is 0 Å². The molecule has 1 atom stereocenters. The van der Waals surface area contributed by atoms with E-state index in [2.05, 4.69) is 55.6 Å². The van der Waals surface area contributed by atoms with Crippen LogP contribution in [0.4, 0.5) is 0 Å². The van der Waals surface area contributed by atoms with Crippen LogP contribution in [0.1, 0.15) is 40.9 Å². The van der Waals surface area contributed by atoms with Crippen molar-refractivity contribution < 1.29 is 0 Å². The number of benzene rings is 1. The zero-order valence-electron chi connectivity index (χ0n) is 12.5. The number of hydrogen-bond acceptors (Lipinski definition) is 2. The summed E-state index contributed by atoms with van der Waals surface area (Å²) >= 11 is 0. The molecule has 0 spiro atoms. The molecule has 2 rings (SSSR count). The maximum atomic E-state index is 4.54. The van der Waals surface area contributed by atoms with Crippen LogP contribution in [-0.4, -0.2) is 16.8 Å². The summed E-state index contributed by atoms with van der Waals surface area (Å²) in [4.78, 5) is 0. The Morgan fingerprint density at radius 2 is 2.00 bits per heavy atom. The van der Waals surface area contributed by atoms with Crippen molar-refractivity contribution in [3.05, 3.63) is 52.3 Å². The van der Waals surface area contributed by atoms with Crippen LogP contribution < -0.4 is 5.32 Å². The van der Waals surface area contributed by atoms with Crippen LogP contribution in [0, 0.1) is 13.8 Å². The molecule has 3 heteroatoms. The second kappa shape index (κ2) is 5.57. The standard InChI is InChI=1S/C16H23N3/c1-6-15-14(10-19(5)18-15)16(17-4)13-8-7-11(2)12(3)9-13/h7-10,16-17H,6H2,1-5H3. The highest BCUT2D eigenvalue weighted by Gasteiger charge is 2.18. The van der Waals surface area contributed by atoms with Crippen molar-refractivity contribution in [1.82, 2.24) is 15.1 Å². The highest BCUT2D eigenvalue weighted by atomic mass is 15.3. The Balaban J connectivity index is 2.46. The lowest BCUT2D eigenvalue weighted by Gasteiger charge is -2.18. The fraction of sp³-hybridized carbons (Fsp3) is 0.438. The predicted octanol–water partition coefficient (Wildman–Crippen LogP) is 2.91. The lowest BCUT2D eigenvalue weighted by Crippen LogP contribution is -2.18. The van der Waals surface area contributed by atoms with Crippen molar-refractivity contribution in [2.45, 2.75) is 33.2 Å². The molecule has 102 valence electrons. The smallest absolute Gasteiger partial charge is 0.0673 e. The summed E-state index contributed by atoms with van der Waals surface area (Å²) in [5.41, 5.74) is 6.41. The minimum absolute atomic E-state index is 0.211. The van der Waals surface area contributed by atoms with Crippen LogP contribution in [0.2, 0.25) is 0 Å². The third-order valence-electron chi connectivity index (χ3n) is 3.74. The molecule has 0 aliphatic carbocycles. The Labute approximate surface area is 115 Å². The van der Waals surface area contributed by atoms with E-state index in [4.69, 9.17) is 0 Å². The van der Waals surface area contributed by atoms with Gasteiger partial charge in [0.25, 0.3) is 0 Å². The first-order valence-electron chi connectivity index (χ1n) is 6.83. The molecule has 0 saturated heterocycles. The van der Waals surface area contributed by atoms with Crippen molar-refractivity contribution >= 4 is 0 Å². The number of nitrogens with zero attached hydrogens (tertiary/aromatic N) is 2. The van der Waals surface area contributed by atoms with Crippen LogP contribution in [0.15, 0.2) is 24.4 Å². The normalized spacial score (nSPS) is 12.7. The highest BCUT2D eigenvalue weighted by molar-refractivity contribution is 5.38. The molecule has 0 bridgehead atoms. The molecule has 1 unspecified atom stereocenters. The van der Waals surface area contributed by atoms with Crippen molar-refractivity contribution in [3.63, 3.8) is 0 Å². The Kier molecular flexibility index (Phi) is 4.05. The molecule has 0 radical (unpaired) electrons. The number of nitrogens with one attached hydrogen (secondary N) is 1. The molecule has 1 N–H and O–H groups in total. The fourth-order valence-corrected chi connectivity index (χ4v) is 2.51. The first kappa shape index (κ1) is 13.8. The highest BCUT2D eigenvalue weighted by Crippen LogP contribution is 2.26. The molecule has 1 aromatic heterocycles. The van der Waals surface area contributed by atoms with E-state index in [1.807, 2.05) is 18.8 Å². The summed E-state index contributed by atoms with van der Waals surface area (Å²) in [6.07, 6.45) is 3.08. The van der Waals surface area contributed by atoms with Crippen LogP contribution in [0.25, 0.3) is 0 Å². The molecule has 1 heterocycles. The molecular weight excluding hydrogens is 234 g/mol. The van der Waals surface area contributed by atoms with E-state index in [1.165, 1.54) is 27.9 Å². The van der Waals surface area contributed by atoms with Gasteiger partial charge in [0.05, 0.1) is 11.7 Å². The number of aryl methyl sites for hydroxylation is 4. The SMILES string of the molecule is CCc1nn(C)cc1C(NC)c1ccc(C)c(C)c1. The monoisotopic (exact) mass is 257 g/mol. The fourth-order valence-electron chi connectivity index (χ4n) is 2.51. The Morgan fingerprint density at radius 1 is 1.26 bits per heavy atom. The van der Waals surface area contributed by atoms with Gasteiger partial charge in [-0.05, 0) is 44.0 Å². The third-order valence-corrected chi connectivity index (χ3v) is 3.74. The molecule has 0 aliphatic rings. The van der Waals surface area contributed by atoms with Gasteiger partial charge >= 0.3 is 0 Å². The quantitative estimate of drug-likeness (QED) is 0.912. The van der Waals surface area contributed by atoms with Gasteiger partial charge in [0, 0.05) is 18.8 Å². The summed E-state index contributed by atoms with van der Waals surface area (Å²) in [6.45, 7) is 6.46. The second-order valence-electron chi connectivity index (χ2n) is 5.12. The molecule has 2 aromatic rings. The third kappa shape index (κ3) is 2.71. The van der Waals surface area contributed by atoms with Gasteiger partial charge in [0.1, 0.15) is 0 Å². The number of aromatic nitrogens is 2. The van der Waals surface area contributed by atoms with Crippen LogP contribution in [0.5, 0.6) is 0 Å².